The highest BCUT2D eigenvalue weighted by Crippen LogP contribution is 2.34. The lowest BCUT2D eigenvalue weighted by atomic mass is 10.1. The van der Waals surface area contributed by atoms with E-state index in [0.717, 1.165) is 11.1 Å². The maximum atomic E-state index is 13.5. The number of nitrogens with zero attached hydrogens (tertiary/aromatic N) is 1. The Hall–Kier alpha value is -2.01. The predicted molar refractivity (Wildman–Crippen MR) is 112 cm³/mol. The Balaban J connectivity index is 2.14. The van der Waals surface area contributed by atoms with Gasteiger partial charge in [0.15, 0.2) is 0 Å². The van der Waals surface area contributed by atoms with E-state index in [1.807, 2.05) is 44.2 Å². The van der Waals surface area contributed by atoms with Gasteiger partial charge < -0.3 is 0 Å². The molecule has 0 bridgehead atoms. The van der Waals surface area contributed by atoms with E-state index in [0.29, 0.717) is 15.7 Å². The molecule has 3 nitrogen and oxygen atoms in total. The van der Waals surface area contributed by atoms with E-state index < -0.39 is 16.1 Å². The van der Waals surface area contributed by atoms with E-state index in [-0.39, 0.29) is 4.90 Å². The molecule has 0 aliphatic heterocycles. The summed E-state index contributed by atoms with van der Waals surface area (Å²) in [6.07, 6.45) is 0. The summed E-state index contributed by atoms with van der Waals surface area (Å²) in [5.74, 6) is 0. The second-order valence-corrected chi connectivity index (χ2v) is 8.93. The highest BCUT2D eigenvalue weighted by atomic mass is 35.5. The molecule has 0 radical (unpaired) electrons. The Morgan fingerprint density at radius 1 is 0.889 bits per heavy atom. The average molecular weight is 420 g/mol. The van der Waals surface area contributed by atoms with Gasteiger partial charge in [-0.1, -0.05) is 59.6 Å². The van der Waals surface area contributed by atoms with Gasteiger partial charge in [0.05, 0.1) is 16.6 Å². The van der Waals surface area contributed by atoms with Crippen molar-refractivity contribution in [1.29, 1.82) is 0 Å². The van der Waals surface area contributed by atoms with Crippen molar-refractivity contribution in [3.8, 4) is 0 Å². The minimum Gasteiger partial charge on any atom is -0.259 e. The van der Waals surface area contributed by atoms with Crippen LogP contribution in [0.25, 0.3) is 0 Å². The van der Waals surface area contributed by atoms with Crippen LogP contribution in [0, 0.1) is 6.92 Å². The van der Waals surface area contributed by atoms with Crippen LogP contribution in [-0.4, -0.2) is 8.42 Å². The number of hydrogen-bond donors (Lipinski definition) is 0. The van der Waals surface area contributed by atoms with Crippen LogP contribution in [0.3, 0.4) is 0 Å². The molecule has 3 aromatic carbocycles. The van der Waals surface area contributed by atoms with E-state index in [9.17, 15) is 8.42 Å². The van der Waals surface area contributed by atoms with Gasteiger partial charge >= 0.3 is 0 Å². The first-order chi connectivity index (χ1) is 12.8. The largest absolute Gasteiger partial charge is 0.264 e. The smallest absolute Gasteiger partial charge is 0.259 e. The summed E-state index contributed by atoms with van der Waals surface area (Å²) >= 11 is 12.2. The Morgan fingerprint density at radius 3 is 2.11 bits per heavy atom. The zero-order chi connectivity index (χ0) is 19.6. The van der Waals surface area contributed by atoms with Gasteiger partial charge in [0, 0.05) is 10.0 Å². The van der Waals surface area contributed by atoms with Gasteiger partial charge in [0.1, 0.15) is 0 Å². The molecule has 0 N–H and O–H groups in total. The van der Waals surface area contributed by atoms with Crippen LogP contribution in [0.1, 0.15) is 24.1 Å². The second kappa shape index (κ2) is 7.93. The van der Waals surface area contributed by atoms with Crippen molar-refractivity contribution in [2.24, 2.45) is 0 Å². The number of hydrogen-bond acceptors (Lipinski definition) is 2. The number of halogens is 2. The molecule has 3 rings (SSSR count). The molecule has 140 valence electrons. The molecular formula is C21H19Cl2NO2S. The molecular weight excluding hydrogens is 401 g/mol. The van der Waals surface area contributed by atoms with Crippen molar-refractivity contribution in [1.82, 2.24) is 0 Å². The summed E-state index contributed by atoms with van der Waals surface area (Å²) in [5.41, 5.74) is 2.24. The number of sulfonamides is 1. The zero-order valence-corrected chi connectivity index (χ0v) is 17.3. The van der Waals surface area contributed by atoms with Crippen molar-refractivity contribution >= 4 is 38.9 Å². The van der Waals surface area contributed by atoms with Crippen molar-refractivity contribution < 1.29 is 8.42 Å². The number of aryl methyl sites for hydroxylation is 1. The maximum Gasteiger partial charge on any atom is 0.264 e. The van der Waals surface area contributed by atoms with Crippen molar-refractivity contribution in [2.45, 2.75) is 24.8 Å². The topological polar surface area (TPSA) is 37.4 Å². The van der Waals surface area contributed by atoms with Gasteiger partial charge in [0.25, 0.3) is 10.0 Å². The van der Waals surface area contributed by atoms with Crippen LogP contribution in [0.15, 0.2) is 77.7 Å². The lowest BCUT2D eigenvalue weighted by Crippen LogP contribution is -2.33. The molecule has 1 unspecified atom stereocenters. The van der Waals surface area contributed by atoms with Crippen LogP contribution in [0.5, 0.6) is 0 Å². The Morgan fingerprint density at radius 2 is 1.52 bits per heavy atom. The van der Waals surface area contributed by atoms with Gasteiger partial charge in [-0.15, -0.1) is 0 Å². The fourth-order valence-corrected chi connectivity index (χ4v) is 4.91. The normalized spacial score (nSPS) is 12.6. The fourth-order valence-electron chi connectivity index (χ4n) is 2.87. The van der Waals surface area contributed by atoms with E-state index in [4.69, 9.17) is 23.2 Å². The molecule has 0 spiro atoms. The molecule has 0 aromatic heterocycles. The molecule has 0 saturated carbocycles. The van der Waals surface area contributed by atoms with E-state index in [2.05, 4.69) is 0 Å². The lowest BCUT2D eigenvalue weighted by Gasteiger charge is -2.31. The number of benzene rings is 3. The van der Waals surface area contributed by atoms with Crippen LogP contribution < -0.4 is 4.31 Å². The summed E-state index contributed by atoms with van der Waals surface area (Å²) in [4.78, 5) is 0.155. The van der Waals surface area contributed by atoms with Crippen LogP contribution in [0.2, 0.25) is 10.0 Å². The summed E-state index contributed by atoms with van der Waals surface area (Å²) in [5, 5.41) is 1.02. The minimum absolute atomic E-state index is 0.155. The molecule has 27 heavy (non-hydrogen) atoms. The molecule has 0 aliphatic rings. The summed E-state index contributed by atoms with van der Waals surface area (Å²) in [6.45, 7) is 3.69. The number of para-hydroxylation sites is 1. The summed E-state index contributed by atoms with van der Waals surface area (Å²) < 4.78 is 28.5. The monoisotopic (exact) mass is 419 g/mol. The van der Waals surface area contributed by atoms with Crippen LogP contribution in [-0.2, 0) is 10.0 Å². The van der Waals surface area contributed by atoms with Gasteiger partial charge in [-0.05, 0) is 61.4 Å². The average Bonchev–Trinajstić information content (AvgIpc) is 2.65. The molecule has 1 atom stereocenters. The summed E-state index contributed by atoms with van der Waals surface area (Å²) in [7, 11) is -3.83. The van der Waals surface area contributed by atoms with Gasteiger partial charge in [-0.25, -0.2) is 8.42 Å². The van der Waals surface area contributed by atoms with Gasteiger partial charge in [-0.2, -0.15) is 0 Å². The lowest BCUT2D eigenvalue weighted by molar-refractivity contribution is 0.583. The van der Waals surface area contributed by atoms with E-state index >= 15 is 0 Å². The zero-order valence-electron chi connectivity index (χ0n) is 14.9. The fraction of sp³-hybridized carbons (Fsp3) is 0.143. The Bertz CT molecular complexity index is 1040. The molecule has 0 aliphatic carbocycles. The van der Waals surface area contributed by atoms with Crippen molar-refractivity contribution in [3.63, 3.8) is 0 Å². The second-order valence-electron chi connectivity index (χ2n) is 6.27. The summed E-state index contributed by atoms with van der Waals surface area (Å²) in [6, 6.07) is 20.6. The number of rotatable bonds is 5. The van der Waals surface area contributed by atoms with Gasteiger partial charge in [0.2, 0.25) is 0 Å². The molecule has 0 heterocycles. The molecule has 0 fully saturated rings. The quantitative estimate of drug-likeness (QED) is 0.489. The third-order valence-corrected chi connectivity index (χ3v) is 6.97. The Kier molecular flexibility index (Phi) is 5.80. The van der Waals surface area contributed by atoms with Crippen LogP contribution >= 0.6 is 23.2 Å². The third kappa shape index (κ3) is 4.13. The van der Waals surface area contributed by atoms with Crippen molar-refractivity contribution in [2.75, 3.05) is 4.31 Å². The first-order valence-electron chi connectivity index (χ1n) is 8.42. The standard InChI is InChI=1S/C21H19Cl2NO2S/c1-15-8-13-20(14-21(15)23)27(25,26)24(19-6-4-3-5-7-19)16(2)17-9-11-18(22)12-10-17/h3-14,16H,1-2H3. The first kappa shape index (κ1) is 19.7. The SMILES string of the molecule is Cc1ccc(S(=O)(=O)N(c2ccccc2)C(C)c2ccc(Cl)cc2)cc1Cl. The minimum atomic E-state index is -3.83. The molecule has 0 amide bonds. The third-order valence-electron chi connectivity index (χ3n) is 4.41. The highest BCUT2D eigenvalue weighted by molar-refractivity contribution is 7.92. The molecule has 0 saturated heterocycles. The van der Waals surface area contributed by atoms with Gasteiger partial charge in [-0.3, -0.25) is 4.31 Å². The predicted octanol–water partition coefficient (Wildman–Crippen LogP) is 6.26. The maximum absolute atomic E-state index is 13.5. The molecule has 3 aromatic rings. The number of anilines is 1. The van der Waals surface area contributed by atoms with E-state index in [1.54, 1.807) is 36.4 Å². The molecule has 6 heteroatoms. The first-order valence-corrected chi connectivity index (χ1v) is 10.6. The van der Waals surface area contributed by atoms with Crippen LogP contribution in [0.4, 0.5) is 5.69 Å². The highest BCUT2D eigenvalue weighted by Gasteiger charge is 2.30. The Labute approximate surface area is 170 Å². The van der Waals surface area contributed by atoms with E-state index in [1.165, 1.54) is 10.4 Å². The van der Waals surface area contributed by atoms with Crippen molar-refractivity contribution in [3.05, 3.63) is 94.0 Å².